The molecule has 0 aliphatic carbocycles. The third-order valence-electron chi connectivity index (χ3n) is 2.65. The van der Waals surface area contributed by atoms with Gasteiger partial charge in [0.05, 0.1) is 6.54 Å². The highest BCUT2D eigenvalue weighted by Gasteiger charge is 1.97. The number of aryl methyl sites for hydroxylation is 1. The maximum absolute atomic E-state index is 9.63. The van der Waals surface area contributed by atoms with E-state index < -0.39 is 0 Å². The van der Waals surface area contributed by atoms with Gasteiger partial charge in [0.1, 0.15) is 5.29 Å². The number of rotatable bonds is 8. The second-order valence-electron chi connectivity index (χ2n) is 4.07. The Labute approximate surface area is 113 Å². The van der Waals surface area contributed by atoms with Crippen LogP contribution in [0.3, 0.4) is 0 Å². The summed E-state index contributed by atoms with van der Waals surface area (Å²) in [6.45, 7) is 2.57. The minimum absolute atomic E-state index is 0.377. The maximum atomic E-state index is 9.63. The molecule has 0 fully saturated rings. The second kappa shape index (κ2) is 9.88. The first-order valence-corrected chi connectivity index (χ1v) is 6.46. The Kier molecular flexibility index (Phi) is 7.78. The van der Waals surface area contributed by atoms with Crippen molar-refractivity contribution < 1.29 is 0 Å². The van der Waals surface area contributed by atoms with Crippen LogP contribution in [-0.4, -0.2) is 6.54 Å². The summed E-state index contributed by atoms with van der Waals surface area (Å²) in [6.07, 6.45) is 11.0. The first kappa shape index (κ1) is 15.0. The zero-order valence-electron chi connectivity index (χ0n) is 11.2. The molecule has 0 aliphatic rings. The molecule has 4 heteroatoms. The van der Waals surface area contributed by atoms with Gasteiger partial charge in [-0.1, -0.05) is 61.9 Å². The van der Waals surface area contributed by atoms with Crippen molar-refractivity contribution in [1.29, 1.82) is 0 Å². The van der Waals surface area contributed by atoms with E-state index in [1.54, 1.807) is 0 Å². The lowest BCUT2D eigenvalue weighted by Crippen LogP contribution is -1.91. The van der Waals surface area contributed by atoms with Crippen molar-refractivity contribution in [1.82, 2.24) is 0 Å². The van der Waals surface area contributed by atoms with E-state index in [0.717, 1.165) is 19.3 Å². The Morgan fingerprint density at radius 2 is 1.84 bits per heavy atom. The molecule has 1 aromatic rings. The van der Waals surface area contributed by atoms with Crippen LogP contribution in [0.5, 0.6) is 0 Å². The van der Waals surface area contributed by atoms with Gasteiger partial charge >= 0.3 is 0 Å². The predicted octanol–water partition coefficient (Wildman–Crippen LogP) is 4.43. The van der Waals surface area contributed by atoms with Crippen LogP contribution in [0.15, 0.2) is 64.2 Å². The molecule has 0 bridgehead atoms. The van der Waals surface area contributed by atoms with E-state index in [9.17, 15) is 4.91 Å². The zero-order chi connectivity index (χ0) is 13.8. The molecule has 1 aromatic carbocycles. The topological polar surface area (TPSA) is 54.1 Å². The van der Waals surface area contributed by atoms with Gasteiger partial charge in [-0.2, -0.15) is 5.11 Å². The molecule has 0 saturated heterocycles. The van der Waals surface area contributed by atoms with E-state index >= 15 is 0 Å². The highest BCUT2D eigenvalue weighted by atomic mass is 16.3. The minimum atomic E-state index is 0.377. The Hall–Kier alpha value is -2.10. The number of benzene rings is 1. The SMILES string of the molecule is CCCc1ccccc1CC=C/C=C/CN=NN=O. The van der Waals surface area contributed by atoms with E-state index in [1.807, 2.05) is 18.2 Å². The molecule has 0 amide bonds. The van der Waals surface area contributed by atoms with Crippen LogP contribution in [-0.2, 0) is 12.8 Å². The van der Waals surface area contributed by atoms with Crippen molar-refractivity contribution in [3.05, 3.63) is 64.6 Å². The molecule has 0 unspecified atom stereocenters. The van der Waals surface area contributed by atoms with Gasteiger partial charge in [0.25, 0.3) is 0 Å². The Balaban J connectivity index is 2.43. The summed E-state index contributed by atoms with van der Waals surface area (Å²) in [5.74, 6) is 0. The maximum Gasteiger partial charge on any atom is 0.100 e. The average Bonchev–Trinajstić information content (AvgIpc) is 2.44. The molecule has 4 nitrogen and oxygen atoms in total. The molecule has 1 rings (SSSR count). The molecule has 0 N–H and O–H groups in total. The largest absolute Gasteiger partial charge is 0.162 e. The molecule has 0 heterocycles. The standard InChI is InChI=1S/C15H19N3O/c1-2-9-14-11-6-7-12-15(14)10-5-3-4-8-13-16-17-18-19/h3-8,11-12H,2,9-10,13H2,1H3/b5-3?,8-4+,17-16?. The first-order valence-electron chi connectivity index (χ1n) is 6.46. The van der Waals surface area contributed by atoms with Crippen LogP contribution < -0.4 is 0 Å². The van der Waals surface area contributed by atoms with E-state index in [4.69, 9.17) is 0 Å². The lowest BCUT2D eigenvalue weighted by atomic mass is 10.0. The van der Waals surface area contributed by atoms with Crippen LogP contribution in [0.25, 0.3) is 0 Å². The van der Waals surface area contributed by atoms with E-state index in [-0.39, 0.29) is 0 Å². The van der Waals surface area contributed by atoms with Crippen LogP contribution >= 0.6 is 0 Å². The third-order valence-corrected chi connectivity index (χ3v) is 2.65. The minimum Gasteiger partial charge on any atom is -0.162 e. The van der Waals surface area contributed by atoms with Crippen molar-refractivity contribution in [3.8, 4) is 0 Å². The molecule has 19 heavy (non-hydrogen) atoms. The normalized spacial score (nSPS) is 11.8. The highest BCUT2D eigenvalue weighted by Crippen LogP contribution is 2.12. The van der Waals surface area contributed by atoms with E-state index in [1.165, 1.54) is 11.1 Å². The van der Waals surface area contributed by atoms with Gasteiger partial charge in [-0.3, -0.25) is 0 Å². The number of hydrogen-bond donors (Lipinski definition) is 0. The van der Waals surface area contributed by atoms with Crippen molar-refractivity contribution in [3.63, 3.8) is 0 Å². The third kappa shape index (κ3) is 6.41. The van der Waals surface area contributed by atoms with Gasteiger partial charge < -0.3 is 0 Å². The molecule has 0 radical (unpaired) electrons. The van der Waals surface area contributed by atoms with Gasteiger partial charge in [-0.05, 0) is 29.2 Å². The lowest BCUT2D eigenvalue weighted by Gasteiger charge is -2.05. The predicted molar refractivity (Wildman–Crippen MR) is 77.9 cm³/mol. The Bertz CT molecular complexity index is 464. The van der Waals surface area contributed by atoms with Gasteiger partial charge in [-0.25, -0.2) is 0 Å². The zero-order valence-corrected chi connectivity index (χ0v) is 11.2. The molecule has 0 atom stereocenters. The van der Waals surface area contributed by atoms with Crippen LogP contribution in [0.1, 0.15) is 24.5 Å². The molecule has 100 valence electrons. The summed E-state index contributed by atoms with van der Waals surface area (Å²) in [5, 5.41) is 8.79. The first-order chi connectivity index (χ1) is 9.38. The van der Waals surface area contributed by atoms with Crippen LogP contribution in [0, 0.1) is 4.91 Å². The van der Waals surface area contributed by atoms with Gasteiger partial charge in [-0.15, -0.1) is 4.91 Å². The second-order valence-corrected chi connectivity index (χ2v) is 4.07. The molecular formula is C15H19N3O. The summed E-state index contributed by atoms with van der Waals surface area (Å²) in [7, 11) is 0. The molecule has 0 aromatic heterocycles. The van der Waals surface area contributed by atoms with Crippen LogP contribution in [0.4, 0.5) is 0 Å². The smallest absolute Gasteiger partial charge is 0.100 e. The van der Waals surface area contributed by atoms with E-state index in [0.29, 0.717) is 6.54 Å². The number of hydrogen-bond acceptors (Lipinski definition) is 2. The van der Waals surface area contributed by atoms with Gasteiger partial charge in [0.15, 0.2) is 0 Å². The van der Waals surface area contributed by atoms with Crippen molar-refractivity contribution in [2.45, 2.75) is 26.2 Å². The van der Waals surface area contributed by atoms with Gasteiger partial charge in [0, 0.05) is 0 Å². The summed E-state index contributed by atoms with van der Waals surface area (Å²) in [4.78, 5) is 9.63. The summed E-state index contributed by atoms with van der Waals surface area (Å²) in [5.41, 5.74) is 2.79. The van der Waals surface area contributed by atoms with Crippen molar-refractivity contribution in [2.24, 2.45) is 15.6 Å². The Morgan fingerprint density at radius 1 is 1.11 bits per heavy atom. The molecule has 0 aliphatic heterocycles. The number of nitroso groups, excluding NO2 is 1. The monoisotopic (exact) mass is 257 g/mol. The van der Waals surface area contributed by atoms with Crippen molar-refractivity contribution >= 4 is 0 Å². The summed E-state index contributed by atoms with van der Waals surface area (Å²) in [6, 6.07) is 8.52. The molecular weight excluding hydrogens is 238 g/mol. The number of allylic oxidation sites excluding steroid dienone is 3. The fraction of sp³-hybridized carbons (Fsp3) is 0.333. The fourth-order valence-electron chi connectivity index (χ4n) is 1.79. The quantitative estimate of drug-likeness (QED) is 0.294. The lowest BCUT2D eigenvalue weighted by molar-refractivity contribution is 0.906. The highest BCUT2D eigenvalue weighted by molar-refractivity contribution is 5.29. The summed E-state index contributed by atoms with van der Waals surface area (Å²) >= 11 is 0. The Morgan fingerprint density at radius 3 is 2.58 bits per heavy atom. The van der Waals surface area contributed by atoms with Gasteiger partial charge in [0.2, 0.25) is 0 Å². The number of nitrogens with zero attached hydrogens (tertiary/aromatic N) is 3. The summed E-state index contributed by atoms with van der Waals surface area (Å²) < 4.78 is 0. The van der Waals surface area contributed by atoms with Crippen LogP contribution in [0.2, 0.25) is 0 Å². The van der Waals surface area contributed by atoms with Crippen molar-refractivity contribution in [2.75, 3.05) is 6.54 Å². The fourth-order valence-corrected chi connectivity index (χ4v) is 1.79. The van der Waals surface area contributed by atoms with E-state index in [2.05, 4.69) is 52.9 Å². The molecule has 0 spiro atoms. The molecule has 0 saturated carbocycles. The average molecular weight is 257 g/mol.